The molecule has 0 saturated carbocycles. The Morgan fingerprint density at radius 3 is 2.76 bits per heavy atom. The Labute approximate surface area is 109 Å². The summed E-state index contributed by atoms with van der Waals surface area (Å²) in [5.41, 5.74) is 2.58. The molecule has 1 atom stereocenters. The van der Waals surface area contributed by atoms with E-state index in [2.05, 4.69) is 25.9 Å². The van der Waals surface area contributed by atoms with E-state index in [1.165, 1.54) is 0 Å². The lowest BCUT2D eigenvalue weighted by Crippen LogP contribution is -2.05. The van der Waals surface area contributed by atoms with Gasteiger partial charge < -0.3 is 5.11 Å². The summed E-state index contributed by atoms with van der Waals surface area (Å²) < 4.78 is 0.938. The standard InChI is InChI=1S/C13H13BrN2O/c1-9-12(3-2-6-15-9)13(17)7-11-5-4-10(14)8-16-11/h2-6,8,13,17H,7H2,1H3. The van der Waals surface area contributed by atoms with Crippen molar-refractivity contribution in [3.63, 3.8) is 0 Å². The lowest BCUT2D eigenvalue weighted by molar-refractivity contribution is 0.176. The molecule has 0 spiro atoms. The van der Waals surface area contributed by atoms with Crippen LogP contribution in [0.4, 0.5) is 0 Å². The van der Waals surface area contributed by atoms with Crippen molar-refractivity contribution in [2.45, 2.75) is 19.4 Å². The molecule has 1 unspecified atom stereocenters. The molecule has 0 aliphatic carbocycles. The van der Waals surface area contributed by atoms with E-state index in [4.69, 9.17) is 0 Å². The molecule has 2 aromatic heterocycles. The highest BCUT2D eigenvalue weighted by atomic mass is 79.9. The molecule has 4 heteroatoms. The molecule has 0 bridgehead atoms. The molecule has 0 aliphatic rings. The molecular weight excluding hydrogens is 280 g/mol. The van der Waals surface area contributed by atoms with Gasteiger partial charge in [0.2, 0.25) is 0 Å². The van der Waals surface area contributed by atoms with Crippen LogP contribution in [0.5, 0.6) is 0 Å². The fourth-order valence-corrected chi connectivity index (χ4v) is 1.92. The Balaban J connectivity index is 2.14. The highest BCUT2D eigenvalue weighted by Crippen LogP contribution is 2.19. The summed E-state index contributed by atoms with van der Waals surface area (Å²) in [4.78, 5) is 8.41. The Bertz CT molecular complexity index is 499. The van der Waals surface area contributed by atoms with E-state index >= 15 is 0 Å². The molecule has 0 radical (unpaired) electrons. The quantitative estimate of drug-likeness (QED) is 0.946. The Hall–Kier alpha value is -1.26. The normalized spacial score (nSPS) is 12.4. The molecule has 0 aromatic carbocycles. The molecule has 2 rings (SSSR count). The van der Waals surface area contributed by atoms with Crippen molar-refractivity contribution in [1.29, 1.82) is 0 Å². The topological polar surface area (TPSA) is 46.0 Å². The third kappa shape index (κ3) is 3.11. The first-order chi connectivity index (χ1) is 8.16. The predicted molar refractivity (Wildman–Crippen MR) is 69.6 cm³/mol. The molecule has 17 heavy (non-hydrogen) atoms. The maximum Gasteiger partial charge on any atom is 0.0862 e. The van der Waals surface area contributed by atoms with Crippen molar-refractivity contribution >= 4 is 15.9 Å². The molecule has 2 heterocycles. The van der Waals surface area contributed by atoms with E-state index in [0.29, 0.717) is 6.42 Å². The zero-order valence-corrected chi connectivity index (χ0v) is 11.1. The van der Waals surface area contributed by atoms with Gasteiger partial charge in [-0.1, -0.05) is 6.07 Å². The van der Waals surface area contributed by atoms with Crippen molar-refractivity contribution in [1.82, 2.24) is 9.97 Å². The van der Waals surface area contributed by atoms with Crippen LogP contribution in [0.2, 0.25) is 0 Å². The fourth-order valence-electron chi connectivity index (χ4n) is 1.68. The van der Waals surface area contributed by atoms with Crippen LogP contribution in [-0.4, -0.2) is 15.1 Å². The van der Waals surface area contributed by atoms with Gasteiger partial charge in [0.15, 0.2) is 0 Å². The van der Waals surface area contributed by atoms with E-state index in [0.717, 1.165) is 21.4 Å². The number of nitrogens with zero attached hydrogens (tertiary/aromatic N) is 2. The number of aliphatic hydroxyl groups is 1. The second-order valence-corrected chi connectivity index (χ2v) is 4.78. The zero-order chi connectivity index (χ0) is 12.3. The first kappa shape index (κ1) is 12.2. The van der Waals surface area contributed by atoms with Gasteiger partial charge >= 0.3 is 0 Å². The number of halogens is 1. The van der Waals surface area contributed by atoms with Crippen LogP contribution >= 0.6 is 15.9 Å². The minimum atomic E-state index is -0.558. The second-order valence-electron chi connectivity index (χ2n) is 3.87. The van der Waals surface area contributed by atoms with Crippen molar-refractivity contribution in [3.8, 4) is 0 Å². The van der Waals surface area contributed by atoms with Crippen molar-refractivity contribution in [2.24, 2.45) is 0 Å². The van der Waals surface area contributed by atoms with Gasteiger partial charge in [-0.05, 0) is 41.1 Å². The van der Waals surface area contributed by atoms with Crippen LogP contribution < -0.4 is 0 Å². The highest BCUT2D eigenvalue weighted by molar-refractivity contribution is 9.10. The van der Waals surface area contributed by atoms with Crippen LogP contribution in [0, 0.1) is 6.92 Å². The SMILES string of the molecule is Cc1ncccc1C(O)Cc1ccc(Br)cn1. The molecule has 0 aliphatic heterocycles. The number of aromatic nitrogens is 2. The Kier molecular flexibility index (Phi) is 3.86. The summed E-state index contributed by atoms with van der Waals surface area (Å²) in [6.45, 7) is 1.90. The average Bonchev–Trinajstić information content (AvgIpc) is 2.32. The van der Waals surface area contributed by atoms with Crippen LogP contribution in [0.3, 0.4) is 0 Å². The zero-order valence-electron chi connectivity index (χ0n) is 9.47. The van der Waals surface area contributed by atoms with E-state index < -0.39 is 6.10 Å². The minimum absolute atomic E-state index is 0.500. The number of rotatable bonds is 3. The van der Waals surface area contributed by atoms with Gasteiger partial charge in [0.05, 0.1) is 6.10 Å². The van der Waals surface area contributed by atoms with Gasteiger partial charge in [0.25, 0.3) is 0 Å². The molecule has 88 valence electrons. The molecule has 1 N–H and O–H groups in total. The largest absolute Gasteiger partial charge is 0.388 e. The number of aryl methyl sites for hydroxylation is 1. The summed E-state index contributed by atoms with van der Waals surface area (Å²) in [5, 5.41) is 10.1. The lowest BCUT2D eigenvalue weighted by Gasteiger charge is -2.12. The molecule has 0 fully saturated rings. The maximum absolute atomic E-state index is 10.1. The third-order valence-electron chi connectivity index (χ3n) is 2.60. The van der Waals surface area contributed by atoms with Crippen molar-refractivity contribution < 1.29 is 5.11 Å². The average molecular weight is 293 g/mol. The highest BCUT2D eigenvalue weighted by Gasteiger charge is 2.12. The van der Waals surface area contributed by atoms with Crippen molar-refractivity contribution in [2.75, 3.05) is 0 Å². The molecule has 0 saturated heterocycles. The van der Waals surface area contributed by atoms with E-state index in [1.807, 2.05) is 31.2 Å². The number of hydrogen-bond donors (Lipinski definition) is 1. The van der Waals surface area contributed by atoms with Gasteiger partial charge in [0.1, 0.15) is 0 Å². The van der Waals surface area contributed by atoms with Crippen LogP contribution in [0.15, 0.2) is 41.1 Å². The first-order valence-electron chi connectivity index (χ1n) is 5.37. The molecule has 2 aromatic rings. The van der Waals surface area contributed by atoms with Crippen molar-refractivity contribution in [3.05, 3.63) is 58.1 Å². The van der Waals surface area contributed by atoms with E-state index in [-0.39, 0.29) is 0 Å². The summed E-state index contributed by atoms with van der Waals surface area (Å²) in [7, 11) is 0. The second kappa shape index (κ2) is 5.38. The van der Waals surface area contributed by atoms with Gasteiger partial charge in [-0.25, -0.2) is 0 Å². The third-order valence-corrected chi connectivity index (χ3v) is 3.07. The van der Waals surface area contributed by atoms with E-state index in [9.17, 15) is 5.11 Å². The Morgan fingerprint density at radius 2 is 2.12 bits per heavy atom. The molecule has 3 nitrogen and oxygen atoms in total. The van der Waals surface area contributed by atoms with Gasteiger partial charge in [-0.3, -0.25) is 9.97 Å². The maximum atomic E-state index is 10.1. The predicted octanol–water partition coefficient (Wildman–Crippen LogP) is 2.82. The summed E-state index contributed by atoms with van der Waals surface area (Å²) in [6.07, 6.45) is 3.40. The van der Waals surface area contributed by atoms with Gasteiger partial charge in [-0.15, -0.1) is 0 Å². The summed E-state index contributed by atoms with van der Waals surface area (Å²) in [6, 6.07) is 7.55. The Morgan fingerprint density at radius 1 is 1.29 bits per heavy atom. The van der Waals surface area contributed by atoms with Gasteiger partial charge in [0, 0.05) is 40.2 Å². The van der Waals surface area contributed by atoms with Gasteiger partial charge in [-0.2, -0.15) is 0 Å². The summed E-state index contributed by atoms with van der Waals surface area (Å²) >= 11 is 3.33. The summed E-state index contributed by atoms with van der Waals surface area (Å²) in [5.74, 6) is 0. The number of pyridine rings is 2. The molecular formula is C13H13BrN2O. The lowest BCUT2D eigenvalue weighted by atomic mass is 10.0. The van der Waals surface area contributed by atoms with Crippen LogP contribution in [0.25, 0.3) is 0 Å². The number of aliphatic hydroxyl groups excluding tert-OH is 1. The minimum Gasteiger partial charge on any atom is -0.388 e. The smallest absolute Gasteiger partial charge is 0.0862 e. The fraction of sp³-hybridized carbons (Fsp3) is 0.231. The monoisotopic (exact) mass is 292 g/mol. The first-order valence-corrected chi connectivity index (χ1v) is 6.16. The van der Waals surface area contributed by atoms with Crippen LogP contribution in [-0.2, 0) is 6.42 Å². The number of hydrogen-bond acceptors (Lipinski definition) is 3. The molecule has 0 amide bonds. The van der Waals surface area contributed by atoms with Crippen LogP contribution in [0.1, 0.15) is 23.1 Å². The van der Waals surface area contributed by atoms with E-state index in [1.54, 1.807) is 12.4 Å².